The summed E-state index contributed by atoms with van der Waals surface area (Å²) < 4.78 is 13.5. The van der Waals surface area contributed by atoms with Crippen LogP contribution in [0.4, 0.5) is 20.9 Å². The SMILES string of the molecule is O=[N+]([O-])c1ccc2nc(NC(=S)Nc3ccc(F)cc3)sc2c1. The third-order valence-electron chi connectivity index (χ3n) is 2.91. The molecule has 2 N–H and O–H groups in total. The minimum atomic E-state index is -0.451. The molecule has 1 heterocycles. The molecule has 0 aliphatic rings. The molecule has 0 saturated heterocycles. The number of hydrogen-bond acceptors (Lipinski definition) is 5. The summed E-state index contributed by atoms with van der Waals surface area (Å²) in [7, 11) is 0. The summed E-state index contributed by atoms with van der Waals surface area (Å²) in [5.74, 6) is -0.331. The molecule has 3 rings (SSSR count). The van der Waals surface area contributed by atoms with Crippen molar-refractivity contribution in [2.24, 2.45) is 0 Å². The van der Waals surface area contributed by atoms with E-state index >= 15 is 0 Å². The third kappa shape index (κ3) is 3.58. The molecule has 0 saturated carbocycles. The molecule has 0 spiro atoms. The molecule has 116 valence electrons. The van der Waals surface area contributed by atoms with Crippen LogP contribution in [0.1, 0.15) is 0 Å². The molecule has 0 unspecified atom stereocenters. The van der Waals surface area contributed by atoms with Crippen LogP contribution >= 0.6 is 23.6 Å². The van der Waals surface area contributed by atoms with E-state index in [4.69, 9.17) is 12.2 Å². The first-order valence-corrected chi connectivity index (χ1v) is 7.62. The number of nitrogens with zero attached hydrogens (tertiary/aromatic N) is 2. The lowest BCUT2D eigenvalue weighted by Crippen LogP contribution is -2.18. The Bertz CT molecular complexity index is 895. The zero-order valence-corrected chi connectivity index (χ0v) is 13.1. The predicted octanol–water partition coefficient (Wildman–Crippen LogP) is 4.15. The van der Waals surface area contributed by atoms with E-state index in [9.17, 15) is 14.5 Å². The number of anilines is 2. The summed E-state index contributed by atoms with van der Waals surface area (Å²) in [6.45, 7) is 0. The quantitative estimate of drug-likeness (QED) is 0.420. The monoisotopic (exact) mass is 348 g/mol. The minimum absolute atomic E-state index is 0.0136. The largest absolute Gasteiger partial charge is 0.332 e. The highest BCUT2D eigenvalue weighted by molar-refractivity contribution is 7.80. The summed E-state index contributed by atoms with van der Waals surface area (Å²) in [5, 5.41) is 17.4. The van der Waals surface area contributed by atoms with Crippen molar-refractivity contribution in [3.8, 4) is 0 Å². The number of nitro benzene ring substituents is 1. The second kappa shape index (κ2) is 6.23. The Morgan fingerprint density at radius 2 is 1.96 bits per heavy atom. The van der Waals surface area contributed by atoms with Crippen LogP contribution in [0.5, 0.6) is 0 Å². The van der Waals surface area contributed by atoms with Crippen molar-refractivity contribution < 1.29 is 9.31 Å². The first kappa shape index (κ1) is 15.3. The number of rotatable bonds is 3. The van der Waals surface area contributed by atoms with Gasteiger partial charge in [-0.25, -0.2) is 9.37 Å². The van der Waals surface area contributed by atoms with Crippen molar-refractivity contribution in [3.63, 3.8) is 0 Å². The lowest BCUT2D eigenvalue weighted by Gasteiger charge is -2.07. The predicted molar refractivity (Wildman–Crippen MR) is 92.5 cm³/mol. The van der Waals surface area contributed by atoms with E-state index in [-0.39, 0.29) is 11.5 Å². The highest BCUT2D eigenvalue weighted by Gasteiger charge is 2.11. The molecular formula is C14H9FN4O2S2. The number of hydrogen-bond donors (Lipinski definition) is 2. The molecule has 0 aliphatic carbocycles. The van der Waals surface area contributed by atoms with Crippen LogP contribution < -0.4 is 10.6 Å². The zero-order valence-electron chi connectivity index (χ0n) is 11.4. The highest BCUT2D eigenvalue weighted by atomic mass is 32.1. The van der Waals surface area contributed by atoms with Gasteiger partial charge in [-0.2, -0.15) is 0 Å². The second-order valence-electron chi connectivity index (χ2n) is 4.51. The first-order chi connectivity index (χ1) is 11.0. The summed E-state index contributed by atoms with van der Waals surface area (Å²) >= 11 is 6.42. The normalized spacial score (nSPS) is 10.5. The number of nitrogens with one attached hydrogen (secondary N) is 2. The molecule has 0 aliphatic heterocycles. The number of aromatic nitrogens is 1. The molecule has 6 nitrogen and oxygen atoms in total. The van der Waals surface area contributed by atoms with Gasteiger partial charge in [0.15, 0.2) is 10.2 Å². The van der Waals surface area contributed by atoms with E-state index in [0.29, 0.717) is 26.1 Å². The Kier molecular flexibility index (Phi) is 4.13. The van der Waals surface area contributed by atoms with E-state index in [0.717, 1.165) is 0 Å². The van der Waals surface area contributed by atoms with Crippen LogP contribution in [0.2, 0.25) is 0 Å². The third-order valence-corrected chi connectivity index (χ3v) is 4.04. The van der Waals surface area contributed by atoms with E-state index < -0.39 is 4.92 Å². The van der Waals surface area contributed by atoms with Crippen LogP contribution in [0.15, 0.2) is 42.5 Å². The molecule has 0 atom stereocenters. The first-order valence-electron chi connectivity index (χ1n) is 6.40. The highest BCUT2D eigenvalue weighted by Crippen LogP contribution is 2.29. The van der Waals surface area contributed by atoms with Crippen molar-refractivity contribution in [2.75, 3.05) is 10.6 Å². The Morgan fingerprint density at radius 1 is 1.22 bits per heavy atom. The molecule has 0 bridgehead atoms. The molecule has 2 aromatic carbocycles. The van der Waals surface area contributed by atoms with Crippen molar-refractivity contribution in [2.45, 2.75) is 0 Å². The lowest BCUT2D eigenvalue weighted by molar-refractivity contribution is -0.384. The molecule has 9 heteroatoms. The number of thiazole rings is 1. The van der Waals surface area contributed by atoms with Gasteiger partial charge in [0.05, 0.1) is 15.1 Å². The number of halogens is 1. The van der Waals surface area contributed by atoms with E-state index in [1.54, 1.807) is 18.2 Å². The number of fused-ring (bicyclic) bond motifs is 1. The molecule has 23 heavy (non-hydrogen) atoms. The van der Waals surface area contributed by atoms with Gasteiger partial charge in [-0.05, 0) is 42.5 Å². The van der Waals surface area contributed by atoms with Gasteiger partial charge in [-0.3, -0.25) is 10.1 Å². The summed E-state index contributed by atoms with van der Waals surface area (Å²) in [6.07, 6.45) is 0. The standard InChI is InChI=1S/C14H9FN4O2S2/c15-8-1-3-9(4-2-8)16-13(22)18-14-17-11-6-5-10(19(20)21)7-12(11)23-14/h1-7H,(H2,16,17,18,22). The van der Waals surface area contributed by atoms with E-state index in [1.165, 1.54) is 35.6 Å². The van der Waals surface area contributed by atoms with Gasteiger partial charge in [-0.15, -0.1) is 0 Å². The van der Waals surface area contributed by atoms with Crippen molar-refractivity contribution >= 4 is 55.4 Å². The lowest BCUT2D eigenvalue weighted by atomic mass is 10.3. The van der Waals surface area contributed by atoms with Crippen molar-refractivity contribution in [1.29, 1.82) is 0 Å². The maximum Gasteiger partial charge on any atom is 0.270 e. The van der Waals surface area contributed by atoms with Crippen LogP contribution in [-0.4, -0.2) is 15.0 Å². The van der Waals surface area contributed by atoms with E-state index in [2.05, 4.69) is 15.6 Å². The minimum Gasteiger partial charge on any atom is -0.332 e. The fourth-order valence-electron chi connectivity index (χ4n) is 1.87. The zero-order chi connectivity index (χ0) is 16.4. The summed E-state index contributed by atoms with van der Waals surface area (Å²) in [5.41, 5.74) is 1.30. The maximum atomic E-state index is 12.8. The summed E-state index contributed by atoms with van der Waals surface area (Å²) in [4.78, 5) is 14.6. The van der Waals surface area contributed by atoms with Crippen LogP contribution in [0.3, 0.4) is 0 Å². The average Bonchev–Trinajstić information content (AvgIpc) is 2.90. The Balaban J connectivity index is 1.74. The number of nitro groups is 1. The number of thiocarbonyl (C=S) groups is 1. The fourth-order valence-corrected chi connectivity index (χ4v) is 3.06. The van der Waals surface area contributed by atoms with E-state index in [1.807, 2.05) is 0 Å². The molecule has 0 fully saturated rings. The van der Waals surface area contributed by atoms with Gasteiger partial charge in [0, 0.05) is 17.8 Å². The van der Waals surface area contributed by atoms with Gasteiger partial charge in [0.2, 0.25) is 0 Å². The molecule has 0 amide bonds. The van der Waals surface area contributed by atoms with Crippen LogP contribution in [0.25, 0.3) is 10.2 Å². The molecule has 1 aromatic heterocycles. The second-order valence-corrected chi connectivity index (χ2v) is 5.95. The molecule has 3 aromatic rings. The van der Waals surface area contributed by atoms with Gasteiger partial charge in [0.1, 0.15) is 5.82 Å². The Labute approximate surface area is 139 Å². The number of benzene rings is 2. The number of non-ortho nitro benzene ring substituents is 1. The molecule has 0 radical (unpaired) electrons. The van der Waals surface area contributed by atoms with Crippen LogP contribution in [0, 0.1) is 15.9 Å². The van der Waals surface area contributed by atoms with Gasteiger partial charge in [-0.1, -0.05) is 11.3 Å². The van der Waals surface area contributed by atoms with Crippen LogP contribution in [-0.2, 0) is 0 Å². The summed E-state index contributed by atoms with van der Waals surface area (Å²) in [6, 6.07) is 10.2. The topological polar surface area (TPSA) is 80.1 Å². The van der Waals surface area contributed by atoms with Gasteiger partial charge < -0.3 is 10.6 Å². The maximum absolute atomic E-state index is 12.8. The average molecular weight is 348 g/mol. The molecular weight excluding hydrogens is 339 g/mol. The van der Waals surface area contributed by atoms with Gasteiger partial charge in [0.25, 0.3) is 5.69 Å². The van der Waals surface area contributed by atoms with Crippen molar-refractivity contribution in [3.05, 3.63) is 58.4 Å². The fraction of sp³-hybridized carbons (Fsp3) is 0. The Hall–Kier alpha value is -2.65. The smallest absolute Gasteiger partial charge is 0.270 e. The van der Waals surface area contributed by atoms with Crippen molar-refractivity contribution in [1.82, 2.24) is 4.98 Å². The van der Waals surface area contributed by atoms with Gasteiger partial charge >= 0.3 is 0 Å². The Morgan fingerprint density at radius 3 is 2.65 bits per heavy atom.